The van der Waals surface area contributed by atoms with Crippen LogP contribution in [-0.2, 0) is 0 Å². The molecule has 0 aromatic carbocycles. The molecule has 1 heteroatoms. The van der Waals surface area contributed by atoms with E-state index in [9.17, 15) is 4.39 Å². The monoisotopic (exact) mass is 98.1 g/mol. The van der Waals surface area contributed by atoms with Crippen molar-refractivity contribution in [3.63, 3.8) is 0 Å². The van der Waals surface area contributed by atoms with Gasteiger partial charge in [0.05, 0.1) is 0 Å². The van der Waals surface area contributed by atoms with Crippen molar-refractivity contribution in [1.82, 2.24) is 0 Å². The lowest BCUT2D eigenvalue weighted by Crippen LogP contribution is -1.93. The zero-order valence-electron chi connectivity index (χ0n) is 3.97. The van der Waals surface area contributed by atoms with Crippen LogP contribution in [0.2, 0.25) is 0 Å². The van der Waals surface area contributed by atoms with E-state index in [1.165, 1.54) is 0 Å². The second kappa shape index (κ2) is 1.92. The van der Waals surface area contributed by atoms with Gasteiger partial charge in [0.25, 0.3) is 0 Å². The van der Waals surface area contributed by atoms with Crippen molar-refractivity contribution in [2.45, 2.75) is 12.6 Å². The Balaban J connectivity index is 2.49. The largest absolute Gasteiger partial charge is 0.243 e. The average Bonchev–Trinajstić information content (AvgIpc) is 1.69. The van der Waals surface area contributed by atoms with Crippen LogP contribution in [-0.4, -0.2) is 6.17 Å². The SMILES string of the molecule is F[C@H]1C=CC=CC1. The zero-order valence-corrected chi connectivity index (χ0v) is 3.97. The second-order valence-electron chi connectivity index (χ2n) is 1.56. The number of alkyl halides is 1. The fourth-order valence-corrected chi connectivity index (χ4v) is 0.550. The van der Waals surface area contributed by atoms with Crippen LogP contribution in [0.1, 0.15) is 6.42 Å². The molecule has 0 radical (unpaired) electrons. The molecule has 0 nitrogen and oxygen atoms in total. The highest BCUT2D eigenvalue weighted by Gasteiger charge is 1.97. The van der Waals surface area contributed by atoms with E-state index in [0.717, 1.165) is 0 Å². The van der Waals surface area contributed by atoms with E-state index < -0.39 is 6.17 Å². The number of halogens is 1. The molecule has 7 heavy (non-hydrogen) atoms. The Labute approximate surface area is 42.3 Å². The lowest BCUT2D eigenvalue weighted by molar-refractivity contribution is 0.401. The fourth-order valence-electron chi connectivity index (χ4n) is 0.550. The van der Waals surface area contributed by atoms with Crippen LogP contribution in [0.25, 0.3) is 0 Å². The summed E-state index contributed by atoms with van der Waals surface area (Å²) in [7, 11) is 0. The van der Waals surface area contributed by atoms with Crippen molar-refractivity contribution < 1.29 is 4.39 Å². The third-order valence-corrected chi connectivity index (χ3v) is 0.928. The molecule has 0 bridgehead atoms. The summed E-state index contributed by atoms with van der Waals surface area (Å²) in [6.45, 7) is 0. The van der Waals surface area contributed by atoms with E-state index in [4.69, 9.17) is 0 Å². The van der Waals surface area contributed by atoms with E-state index >= 15 is 0 Å². The lowest BCUT2D eigenvalue weighted by atomic mass is 10.2. The summed E-state index contributed by atoms with van der Waals surface area (Å²) < 4.78 is 12.0. The maximum Gasteiger partial charge on any atom is 0.122 e. The Morgan fingerprint density at radius 2 is 2.29 bits per heavy atom. The number of hydrogen-bond donors (Lipinski definition) is 0. The van der Waals surface area contributed by atoms with Crippen LogP contribution >= 0.6 is 0 Å². The minimum absolute atomic E-state index is 0.552. The molecule has 0 aliphatic heterocycles. The van der Waals surface area contributed by atoms with Gasteiger partial charge in [0.1, 0.15) is 6.17 Å². The molecule has 0 aromatic rings. The summed E-state index contributed by atoms with van der Waals surface area (Å²) in [5, 5.41) is 0. The van der Waals surface area contributed by atoms with E-state index in [-0.39, 0.29) is 0 Å². The maximum atomic E-state index is 12.0. The number of allylic oxidation sites excluding steroid dienone is 4. The summed E-state index contributed by atoms with van der Waals surface area (Å²) in [5.41, 5.74) is 0. The molecule has 0 saturated heterocycles. The maximum absolute atomic E-state index is 12.0. The molecule has 1 aliphatic rings. The molecule has 0 saturated carbocycles. The van der Waals surface area contributed by atoms with Gasteiger partial charge in [0.15, 0.2) is 0 Å². The molecule has 0 unspecified atom stereocenters. The second-order valence-corrected chi connectivity index (χ2v) is 1.56. The molecular weight excluding hydrogens is 91.1 g/mol. The average molecular weight is 98.1 g/mol. The number of hydrogen-bond acceptors (Lipinski definition) is 0. The first-order chi connectivity index (χ1) is 3.39. The van der Waals surface area contributed by atoms with Gasteiger partial charge in [-0.3, -0.25) is 0 Å². The van der Waals surface area contributed by atoms with Crippen molar-refractivity contribution >= 4 is 0 Å². The van der Waals surface area contributed by atoms with Crippen molar-refractivity contribution in [3.05, 3.63) is 24.3 Å². The van der Waals surface area contributed by atoms with E-state index in [1.54, 1.807) is 12.2 Å². The lowest BCUT2D eigenvalue weighted by Gasteiger charge is -1.98. The molecule has 1 aliphatic carbocycles. The standard InChI is InChI=1S/C6H7F/c7-6-4-2-1-3-5-6/h1-4,6H,5H2/t6-/m0/s1. The molecule has 0 spiro atoms. The molecule has 0 N–H and O–H groups in total. The number of rotatable bonds is 0. The highest BCUT2D eigenvalue weighted by Crippen LogP contribution is 2.05. The highest BCUT2D eigenvalue weighted by molar-refractivity contribution is 5.11. The summed E-state index contributed by atoms with van der Waals surface area (Å²) in [4.78, 5) is 0. The van der Waals surface area contributed by atoms with E-state index in [1.807, 2.05) is 12.2 Å². The van der Waals surface area contributed by atoms with Crippen molar-refractivity contribution in [1.29, 1.82) is 0 Å². The van der Waals surface area contributed by atoms with Gasteiger partial charge in [-0.05, 0) is 0 Å². The summed E-state index contributed by atoms with van der Waals surface area (Å²) in [6.07, 6.45) is 6.79. The molecule has 1 atom stereocenters. The zero-order chi connectivity index (χ0) is 5.11. The minimum Gasteiger partial charge on any atom is -0.243 e. The van der Waals surface area contributed by atoms with Gasteiger partial charge >= 0.3 is 0 Å². The van der Waals surface area contributed by atoms with Gasteiger partial charge in [-0.15, -0.1) is 0 Å². The fraction of sp³-hybridized carbons (Fsp3) is 0.333. The van der Waals surface area contributed by atoms with Crippen LogP contribution in [0.4, 0.5) is 4.39 Å². The van der Waals surface area contributed by atoms with Crippen molar-refractivity contribution in [2.75, 3.05) is 0 Å². The Morgan fingerprint density at radius 3 is 2.57 bits per heavy atom. The van der Waals surface area contributed by atoms with Crippen LogP contribution in [0.15, 0.2) is 24.3 Å². The first-order valence-corrected chi connectivity index (χ1v) is 2.37. The Kier molecular flexibility index (Phi) is 1.25. The Bertz CT molecular complexity index is 103. The molecule has 0 fully saturated rings. The topological polar surface area (TPSA) is 0 Å². The van der Waals surface area contributed by atoms with Gasteiger partial charge < -0.3 is 0 Å². The van der Waals surface area contributed by atoms with Crippen LogP contribution < -0.4 is 0 Å². The van der Waals surface area contributed by atoms with Gasteiger partial charge in [-0.1, -0.05) is 24.3 Å². The van der Waals surface area contributed by atoms with Crippen LogP contribution in [0.5, 0.6) is 0 Å². The smallest absolute Gasteiger partial charge is 0.122 e. The third kappa shape index (κ3) is 1.15. The molecule has 0 amide bonds. The normalized spacial score (nSPS) is 28.4. The van der Waals surface area contributed by atoms with Gasteiger partial charge in [-0.2, -0.15) is 0 Å². The van der Waals surface area contributed by atoms with Crippen LogP contribution in [0, 0.1) is 0 Å². The molecule has 1 rings (SSSR count). The highest BCUT2D eigenvalue weighted by atomic mass is 19.1. The summed E-state index contributed by atoms with van der Waals surface area (Å²) in [5.74, 6) is 0. The van der Waals surface area contributed by atoms with Gasteiger partial charge in [0, 0.05) is 6.42 Å². The van der Waals surface area contributed by atoms with Crippen molar-refractivity contribution in [2.24, 2.45) is 0 Å². The van der Waals surface area contributed by atoms with E-state index in [2.05, 4.69) is 0 Å². The summed E-state index contributed by atoms with van der Waals surface area (Å²) in [6, 6.07) is 0. The van der Waals surface area contributed by atoms with E-state index in [0.29, 0.717) is 6.42 Å². The Morgan fingerprint density at radius 1 is 1.43 bits per heavy atom. The molecule has 0 aromatic heterocycles. The van der Waals surface area contributed by atoms with Gasteiger partial charge in [-0.25, -0.2) is 4.39 Å². The molecular formula is C6H7F. The third-order valence-electron chi connectivity index (χ3n) is 0.928. The summed E-state index contributed by atoms with van der Waals surface area (Å²) >= 11 is 0. The van der Waals surface area contributed by atoms with Crippen LogP contribution in [0.3, 0.4) is 0 Å². The first-order valence-electron chi connectivity index (χ1n) is 2.37. The molecule has 38 valence electrons. The van der Waals surface area contributed by atoms with Gasteiger partial charge in [0.2, 0.25) is 0 Å². The predicted octanol–water partition coefficient (Wildman–Crippen LogP) is 1.84. The first kappa shape index (κ1) is 4.57. The van der Waals surface area contributed by atoms with Crippen molar-refractivity contribution in [3.8, 4) is 0 Å². The predicted molar refractivity (Wildman–Crippen MR) is 27.8 cm³/mol. The Hall–Kier alpha value is -0.590. The minimum atomic E-state index is -0.731. The quantitative estimate of drug-likeness (QED) is 0.433. The molecule has 0 heterocycles.